The molecular weight excluding hydrogens is 321 g/mol. The summed E-state index contributed by atoms with van der Waals surface area (Å²) in [6.45, 7) is 1.34. The van der Waals surface area contributed by atoms with Crippen LogP contribution in [0.1, 0.15) is 5.56 Å². The highest BCUT2D eigenvalue weighted by molar-refractivity contribution is 6.42. The van der Waals surface area contributed by atoms with Crippen molar-refractivity contribution in [2.75, 3.05) is 20.2 Å². The largest absolute Gasteiger partial charge is 0.491 e. The predicted molar refractivity (Wildman–Crippen MR) is 90.7 cm³/mol. The van der Waals surface area contributed by atoms with Crippen molar-refractivity contribution in [2.24, 2.45) is 0 Å². The summed E-state index contributed by atoms with van der Waals surface area (Å²) in [7, 11) is 1.92. The lowest BCUT2D eigenvalue weighted by molar-refractivity contribution is 0.0744. The first-order valence-corrected chi connectivity index (χ1v) is 7.79. The number of benzene rings is 2. The molecule has 0 fully saturated rings. The molecule has 0 aliphatic carbocycles. The van der Waals surface area contributed by atoms with Crippen LogP contribution in [0.3, 0.4) is 0 Å². The highest BCUT2D eigenvalue weighted by Crippen LogP contribution is 2.26. The Labute approximate surface area is 141 Å². The van der Waals surface area contributed by atoms with E-state index in [4.69, 9.17) is 27.9 Å². The molecule has 0 spiro atoms. The summed E-state index contributed by atoms with van der Waals surface area (Å²) in [5.41, 5.74) is 0.938. The number of hydrogen-bond acceptors (Lipinski definition) is 3. The van der Waals surface area contributed by atoms with Gasteiger partial charge >= 0.3 is 0 Å². The van der Waals surface area contributed by atoms with Crippen LogP contribution in [-0.2, 0) is 6.54 Å². The number of rotatable bonds is 7. The molecule has 0 saturated heterocycles. The minimum absolute atomic E-state index is 0.248. The molecular formula is C17H19Cl2NO2. The number of likely N-dealkylation sites (N-methyl/N-ethyl adjacent to an activating group) is 1. The van der Waals surface area contributed by atoms with Gasteiger partial charge in [-0.3, -0.25) is 4.90 Å². The minimum Gasteiger partial charge on any atom is -0.491 e. The average molecular weight is 340 g/mol. The normalized spacial score (nSPS) is 12.4. The van der Waals surface area contributed by atoms with Crippen molar-refractivity contribution in [1.82, 2.24) is 4.90 Å². The molecule has 0 aromatic heterocycles. The van der Waals surface area contributed by atoms with Gasteiger partial charge in [-0.2, -0.15) is 0 Å². The number of halogens is 2. The number of aliphatic hydroxyl groups excluding tert-OH is 1. The molecule has 2 aromatic carbocycles. The Morgan fingerprint density at radius 2 is 1.82 bits per heavy atom. The summed E-state index contributed by atoms with van der Waals surface area (Å²) in [6.07, 6.45) is -0.580. The third-order valence-corrected chi connectivity index (χ3v) is 4.04. The topological polar surface area (TPSA) is 32.7 Å². The fourth-order valence-corrected chi connectivity index (χ4v) is 2.53. The van der Waals surface area contributed by atoms with Crippen LogP contribution in [0.2, 0.25) is 10.0 Å². The Hall–Kier alpha value is -1.26. The first kappa shape index (κ1) is 17.1. The zero-order valence-corrected chi connectivity index (χ0v) is 13.9. The predicted octanol–water partition coefficient (Wildman–Crippen LogP) is 3.87. The van der Waals surface area contributed by atoms with Gasteiger partial charge in [-0.25, -0.2) is 0 Å². The van der Waals surface area contributed by atoms with Crippen molar-refractivity contribution < 1.29 is 9.84 Å². The van der Waals surface area contributed by atoms with Gasteiger partial charge in [0.2, 0.25) is 0 Å². The van der Waals surface area contributed by atoms with Gasteiger partial charge in [0, 0.05) is 13.1 Å². The number of para-hydroxylation sites is 1. The summed E-state index contributed by atoms with van der Waals surface area (Å²) in [4.78, 5) is 1.98. The van der Waals surface area contributed by atoms with E-state index in [9.17, 15) is 5.11 Å². The Balaban J connectivity index is 1.81. The van der Waals surface area contributed by atoms with E-state index in [1.807, 2.05) is 54.4 Å². The maximum atomic E-state index is 10.1. The van der Waals surface area contributed by atoms with Gasteiger partial charge in [-0.05, 0) is 30.8 Å². The van der Waals surface area contributed by atoms with Crippen LogP contribution >= 0.6 is 23.2 Å². The molecule has 1 atom stereocenters. The molecule has 2 aromatic rings. The molecule has 0 bridgehead atoms. The van der Waals surface area contributed by atoms with Gasteiger partial charge in [0.15, 0.2) is 0 Å². The highest BCUT2D eigenvalue weighted by atomic mass is 35.5. The molecule has 0 aliphatic heterocycles. The lowest BCUT2D eigenvalue weighted by atomic mass is 10.2. The van der Waals surface area contributed by atoms with Crippen LogP contribution in [0, 0.1) is 0 Å². The number of hydrogen-bond donors (Lipinski definition) is 1. The van der Waals surface area contributed by atoms with Gasteiger partial charge in [-0.15, -0.1) is 0 Å². The van der Waals surface area contributed by atoms with E-state index in [0.717, 1.165) is 11.3 Å². The van der Waals surface area contributed by atoms with Crippen LogP contribution < -0.4 is 4.74 Å². The molecule has 1 N–H and O–H groups in total. The van der Waals surface area contributed by atoms with E-state index in [0.29, 0.717) is 23.1 Å². The molecule has 3 nitrogen and oxygen atoms in total. The van der Waals surface area contributed by atoms with Gasteiger partial charge in [0.25, 0.3) is 0 Å². The summed E-state index contributed by atoms with van der Waals surface area (Å²) in [5, 5.41) is 11.2. The standard InChI is InChI=1S/C17H19Cl2NO2/c1-20(10-13-6-5-9-16(18)17(13)19)11-14(21)12-22-15-7-3-2-4-8-15/h2-9,14,21H,10-12H2,1H3/t14-/m1/s1. The lowest BCUT2D eigenvalue weighted by Crippen LogP contribution is -2.32. The second kappa shape index (κ2) is 8.39. The van der Waals surface area contributed by atoms with E-state index < -0.39 is 6.10 Å². The Morgan fingerprint density at radius 1 is 1.09 bits per heavy atom. The van der Waals surface area contributed by atoms with Crippen LogP contribution in [-0.4, -0.2) is 36.3 Å². The molecule has 5 heteroatoms. The zero-order valence-electron chi connectivity index (χ0n) is 12.4. The van der Waals surface area contributed by atoms with E-state index >= 15 is 0 Å². The number of nitrogens with zero attached hydrogens (tertiary/aromatic N) is 1. The second-order valence-electron chi connectivity index (χ2n) is 5.19. The van der Waals surface area contributed by atoms with Gasteiger partial charge in [-0.1, -0.05) is 53.5 Å². The van der Waals surface area contributed by atoms with Crippen LogP contribution in [0.25, 0.3) is 0 Å². The maximum Gasteiger partial charge on any atom is 0.119 e. The average Bonchev–Trinajstić information content (AvgIpc) is 2.51. The summed E-state index contributed by atoms with van der Waals surface area (Å²) < 4.78 is 5.54. The van der Waals surface area contributed by atoms with E-state index in [1.54, 1.807) is 6.07 Å². The van der Waals surface area contributed by atoms with E-state index in [1.165, 1.54) is 0 Å². The molecule has 118 valence electrons. The van der Waals surface area contributed by atoms with Gasteiger partial charge < -0.3 is 9.84 Å². The van der Waals surface area contributed by atoms with Gasteiger partial charge in [0.05, 0.1) is 10.0 Å². The molecule has 0 unspecified atom stereocenters. The van der Waals surface area contributed by atoms with Crippen molar-refractivity contribution in [3.63, 3.8) is 0 Å². The lowest BCUT2D eigenvalue weighted by Gasteiger charge is -2.21. The Morgan fingerprint density at radius 3 is 2.55 bits per heavy atom. The molecule has 0 saturated carbocycles. The highest BCUT2D eigenvalue weighted by Gasteiger charge is 2.12. The molecule has 0 amide bonds. The first-order valence-electron chi connectivity index (χ1n) is 7.03. The fraction of sp³-hybridized carbons (Fsp3) is 0.294. The smallest absolute Gasteiger partial charge is 0.119 e. The van der Waals surface area contributed by atoms with Crippen molar-refractivity contribution in [3.8, 4) is 5.75 Å². The maximum absolute atomic E-state index is 10.1. The monoisotopic (exact) mass is 339 g/mol. The van der Waals surface area contributed by atoms with Crippen molar-refractivity contribution >= 4 is 23.2 Å². The van der Waals surface area contributed by atoms with Crippen molar-refractivity contribution in [3.05, 3.63) is 64.1 Å². The molecule has 0 radical (unpaired) electrons. The zero-order chi connectivity index (χ0) is 15.9. The summed E-state index contributed by atoms with van der Waals surface area (Å²) in [5.74, 6) is 0.752. The Kier molecular flexibility index (Phi) is 6.52. The molecule has 22 heavy (non-hydrogen) atoms. The summed E-state index contributed by atoms with van der Waals surface area (Å²) >= 11 is 12.2. The quantitative estimate of drug-likeness (QED) is 0.831. The third kappa shape index (κ3) is 5.18. The Bertz CT molecular complexity index is 592. The van der Waals surface area contributed by atoms with Crippen molar-refractivity contribution in [1.29, 1.82) is 0 Å². The minimum atomic E-state index is -0.580. The molecule has 0 aliphatic rings. The van der Waals surface area contributed by atoms with Crippen LogP contribution in [0.5, 0.6) is 5.75 Å². The van der Waals surface area contributed by atoms with Crippen molar-refractivity contribution in [2.45, 2.75) is 12.6 Å². The van der Waals surface area contributed by atoms with Crippen LogP contribution in [0.4, 0.5) is 0 Å². The third-order valence-electron chi connectivity index (χ3n) is 3.18. The second-order valence-corrected chi connectivity index (χ2v) is 5.97. The SMILES string of the molecule is CN(Cc1cccc(Cl)c1Cl)C[C@@H](O)COc1ccccc1. The molecule has 0 heterocycles. The van der Waals surface area contributed by atoms with Gasteiger partial charge in [0.1, 0.15) is 18.5 Å². The number of aliphatic hydroxyl groups is 1. The summed E-state index contributed by atoms with van der Waals surface area (Å²) in [6, 6.07) is 15.0. The molecule has 2 rings (SSSR count). The van der Waals surface area contributed by atoms with Crippen LogP contribution in [0.15, 0.2) is 48.5 Å². The fourth-order valence-electron chi connectivity index (χ4n) is 2.15. The van der Waals surface area contributed by atoms with E-state index in [2.05, 4.69) is 0 Å². The van der Waals surface area contributed by atoms with E-state index in [-0.39, 0.29) is 6.61 Å². The first-order chi connectivity index (χ1) is 10.6. The number of ether oxygens (including phenoxy) is 1.